The largest absolute Gasteiger partial charge is 0.477 e. The lowest BCUT2D eigenvalue weighted by Gasteiger charge is -2.31. The van der Waals surface area contributed by atoms with Crippen molar-refractivity contribution in [1.82, 2.24) is 0 Å². The number of quaternary nitrogens is 1. The lowest BCUT2D eigenvalue weighted by atomic mass is 10.0. The van der Waals surface area contributed by atoms with Gasteiger partial charge in [-0.3, -0.25) is 4.79 Å². The summed E-state index contributed by atoms with van der Waals surface area (Å²) in [6, 6.07) is -0.570. The third kappa shape index (κ3) is 22.1. The Hall–Kier alpha value is -1.18. The van der Waals surface area contributed by atoms with Gasteiger partial charge in [-0.05, 0) is 6.42 Å². The number of likely N-dealkylation sites (N-methyl/N-ethyl adjacent to an activating group) is 1. The zero-order chi connectivity index (χ0) is 27.1. The predicted octanol–water partition coefficient (Wildman–Crippen LogP) is 6.11. The molecule has 0 amide bonds. The third-order valence-corrected chi connectivity index (χ3v) is 6.74. The van der Waals surface area contributed by atoms with Crippen LogP contribution >= 0.6 is 0 Å². The first kappa shape index (κ1) is 34.8. The maximum Gasteiger partial charge on any atom is 0.362 e. The summed E-state index contributed by atoms with van der Waals surface area (Å²) in [6.45, 7) is 2.43. The maximum atomic E-state index is 11.9. The van der Waals surface area contributed by atoms with E-state index in [1.54, 1.807) is 0 Å². The molecule has 0 heterocycles. The Bertz CT molecular complexity index is 534. The van der Waals surface area contributed by atoms with Crippen LogP contribution in [0, 0.1) is 0 Å². The van der Waals surface area contributed by atoms with Crippen molar-refractivity contribution in [2.24, 2.45) is 0 Å². The van der Waals surface area contributed by atoms with Crippen LogP contribution in [0.5, 0.6) is 0 Å². The van der Waals surface area contributed by atoms with Crippen LogP contribution in [-0.2, 0) is 19.1 Å². The molecule has 0 fully saturated rings. The summed E-state index contributed by atoms with van der Waals surface area (Å²) in [6.07, 6.45) is 20.6. The highest BCUT2D eigenvalue weighted by Crippen LogP contribution is 2.14. The summed E-state index contributed by atoms with van der Waals surface area (Å²) in [5.74, 6) is -1.15. The molecule has 7 nitrogen and oxygen atoms in total. The molecule has 0 radical (unpaired) electrons. The second-order valence-corrected chi connectivity index (χ2v) is 11.2. The number of carboxylic acid groups (broad SMARTS) is 1. The zero-order valence-corrected chi connectivity index (χ0v) is 24.0. The van der Waals surface area contributed by atoms with Gasteiger partial charge in [-0.15, -0.1) is 0 Å². The Morgan fingerprint density at radius 1 is 0.722 bits per heavy atom. The molecule has 0 saturated heterocycles. The van der Waals surface area contributed by atoms with Gasteiger partial charge in [-0.1, -0.05) is 103 Å². The number of hydrogen-bond acceptors (Lipinski definition) is 5. The van der Waals surface area contributed by atoms with Crippen molar-refractivity contribution in [1.29, 1.82) is 0 Å². The molecule has 0 aromatic carbocycles. The Kier molecular flexibility index (Phi) is 22.2. The van der Waals surface area contributed by atoms with E-state index < -0.39 is 18.1 Å². The number of rotatable bonds is 26. The first-order valence-electron chi connectivity index (χ1n) is 14.6. The summed E-state index contributed by atoms with van der Waals surface area (Å²) < 4.78 is 10.8. The van der Waals surface area contributed by atoms with E-state index in [0.717, 1.165) is 19.3 Å². The number of carbonyl (C=O) groups is 2. The summed E-state index contributed by atoms with van der Waals surface area (Å²) >= 11 is 0. The van der Waals surface area contributed by atoms with Crippen LogP contribution < -0.4 is 0 Å². The van der Waals surface area contributed by atoms with Crippen molar-refractivity contribution < 1.29 is 33.8 Å². The Morgan fingerprint density at radius 3 is 1.58 bits per heavy atom. The normalized spacial score (nSPS) is 13.5. The van der Waals surface area contributed by atoms with E-state index in [4.69, 9.17) is 9.47 Å². The van der Waals surface area contributed by atoms with Gasteiger partial charge in [0.1, 0.15) is 12.7 Å². The highest BCUT2D eigenvalue weighted by Gasteiger charge is 2.30. The minimum absolute atomic E-state index is 0.0236. The van der Waals surface area contributed by atoms with E-state index >= 15 is 0 Å². The van der Waals surface area contributed by atoms with E-state index in [9.17, 15) is 19.8 Å². The van der Waals surface area contributed by atoms with Gasteiger partial charge in [0.15, 0.2) is 6.04 Å². The minimum Gasteiger partial charge on any atom is -0.477 e. The molecule has 2 unspecified atom stereocenters. The van der Waals surface area contributed by atoms with Gasteiger partial charge in [-0.25, -0.2) is 4.79 Å². The van der Waals surface area contributed by atoms with Gasteiger partial charge in [0.25, 0.3) is 0 Å². The van der Waals surface area contributed by atoms with Gasteiger partial charge >= 0.3 is 11.9 Å². The number of nitrogens with zero attached hydrogens (tertiary/aromatic N) is 1. The number of hydrogen-bond donors (Lipinski definition) is 2. The molecule has 0 rings (SSSR count). The quantitative estimate of drug-likeness (QED) is 0.0819. The van der Waals surface area contributed by atoms with Crippen LogP contribution in [0.3, 0.4) is 0 Å². The van der Waals surface area contributed by atoms with Crippen molar-refractivity contribution in [2.75, 3.05) is 41.0 Å². The summed E-state index contributed by atoms with van der Waals surface area (Å²) in [7, 11) is 5.48. The first-order valence-corrected chi connectivity index (χ1v) is 14.6. The number of aliphatic hydroxyl groups excluding tert-OH is 1. The van der Waals surface area contributed by atoms with Gasteiger partial charge in [-0.2, -0.15) is 0 Å². The fourth-order valence-corrected chi connectivity index (χ4v) is 4.38. The molecule has 0 bridgehead atoms. The lowest BCUT2D eigenvalue weighted by Crippen LogP contribution is -2.50. The Balaban J connectivity index is 3.48. The summed E-state index contributed by atoms with van der Waals surface area (Å²) in [5.41, 5.74) is 0. The number of unbranched alkanes of at least 4 members (excludes halogenated alkanes) is 15. The summed E-state index contributed by atoms with van der Waals surface area (Å²) in [4.78, 5) is 23.2. The number of ether oxygens (including phenoxy) is 2. The lowest BCUT2D eigenvalue weighted by molar-refractivity contribution is -0.887. The minimum atomic E-state index is -0.896. The second kappa shape index (κ2) is 23.0. The van der Waals surface area contributed by atoms with Crippen molar-refractivity contribution >= 4 is 11.9 Å². The number of carboxylic acids is 1. The van der Waals surface area contributed by atoms with Gasteiger partial charge in [0.05, 0.1) is 34.4 Å². The molecule has 0 aromatic rings. The van der Waals surface area contributed by atoms with Gasteiger partial charge in [0.2, 0.25) is 0 Å². The van der Waals surface area contributed by atoms with Crippen LogP contribution in [0.15, 0.2) is 0 Å². The van der Waals surface area contributed by atoms with E-state index in [1.807, 2.05) is 21.1 Å². The Morgan fingerprint density at radius 2 is 1.17 bits per heavy atom. The molecule has 0 aliphatic heterocycles. The van der Waals surface area contributed by atoms with Crippen LogP contribution in [0.25, 0.3) is 0 Å². The average molecular weight is 517 g/mol. The Labute approximate surface area is 221 Å². The molecule has 36 heavy (non-hydrogen) atoms. The number of aliphatic hydroxyl groups is 1. The zero-order valence-electron chi connectivity index (χ0n) is 24.0. The van der Waals surface area contributed by atoms with Crippen molar-refractivity contribution in [2.45, 2.75) is 135 Å². The maximum absolute atomic E-state index is 11.9. The average Bonchev–Trinajstić information content (AvgIpc) is 2.81. The van der Waals surface area contributed by atoms with E-state index in [-0.39, 0.29) is 25.8 Å². The fourth-order valence-electron chi connectivity index (χ4n) is 4.38. The molecule has 0 aromatic heterocycles. The van der Waals surface area contributed by atoms with Crippen LogP contribution in [-0.4, -0.2) is 79.7 Å². The fraction of sp³-hybridized carbons (Fsp3) is 0.931. The third-order valence-electron chi connectivity index (χ3n) is 6.74. The summed E-state index contributed by atoms with van der Waals surface area (Å²) in [5, 5.41) is 19.2. The highest BCUT2D eigenvalue weighted by atomic mass is 16.5. The molecular weight excluding hydrogens is 458 g/mol. The topological polar surface area (TPSA) is 93.1 Å². The molecule has 2 N–H and O–H groups in total. The predicted molar refractivity (Wildman–Crippen MR) is 146 cm³/mol. The number of carbonyl (C=O) groups excluding carboxylic acids is 1. The van der Waals surface area contributed by atoms with Crippen molar-refractivity contribution in [3.05, 3.63) is 0 Å². The van der Waals surface area contributed by atoms with Gasteiger partial charge < -0.3 is 24.2 Å². The molecule has 0 spiro atoms. The highest BCUT2D eigenvalue weighted by molar-refractivity contribution is 5.72. The molecule has 0 aliphatic rings. The molecule has 214 valence electrons. The standard InChI is InChI=1S/C29H57NO6/c1-5-6-7-8-9-10-11-12-13-14-15-16-17-18-19-20-21-28(32)36-25-26(31)24-35-23-22-27(29(33)34)30(2,3)4/h26-27,31H,5-25H2,1-4H3/p+1. The van der Waals surface area contributed by atoms with E-state index in [2.05, 4.69) is 6.92 Å². The van der Waals surface area contributed by atoms with Crippen molar-refractivity contribution in [3.63, 3.8) is 0 Å². The van der Waals surface area contributed by atoms with E-state index in [0.29, 0.717) is 17.3 Å². The number of esters is 1. The number of aliphatic carboxylic acids is 1. The molecule has 2 atom stereocenters. The molecular formula is C29H58NO6+. The van der Waals surface area contributed by atoms with Crippen LogP contribution in [0.2, 0.25) is 0 Å². The molecule has 7 heteroatoms. The smallest absolute Gasteiger partial charge is 0.362 e. The second-order valence-electron chi connectivity index (χ2n) is 11.2. The van der Waals surface area contributed by atoms with Crippen molar-refractivity contribution in [3.8, 4) is 0 Å². The van der Waals surface area contributed by atoms with Crippen LogP contribution in [0.1, 0.15) is 122 Å². The van der Waals surface area contributed by atoms with Crippen LogP contribution in [0.4, 0.5) is 0 Å². The van der Waals surface area contributed by atoms with E-state index in [1.165, 1.54) is 83.5 Å². The molecule has 0 aliphatic carbocycles. The molecule has 0 saturated carbocycles. The van der Waals surface area contributed by atoms with Gasteiger partial charge in [0, 0.05) is 12.8 Å². The monoisotopic (exact) mass is 516 g/mol. The first-order chi connectivity index (χ1) is 17.2. The SMILES string of the molecule is CCCCCCCCCCCCCCCCCCC(=O)OCC(O)COCCC(C(=O)O)[N+](C)(C)C.